The zero-order chi connectivity index (χ0) is 18.9. The van der Waals surface area contributed by atoms with Gasteiger partial charge >= 0.3 is 12.1 Å². The molecule has 0 heterocycles. The van der Waals surface area contributed by atoms with E-state index in [9.17, 15) is 22.8 Å². The molecule has 0 saturated carbocycles. The largest absolute Gasteiger partial charge is 0.492 e. The Morgan fingerprint density at radius 2 is 1.92 bits per heavy atom. The molecule has 2 amide bonds. The van der Waals surface area contributed by atoms with Gasteiger partial charge in [0.15, 0.2) is 0 Å². The van der Waals surface area contributed by atoms with Crippen LogP contribution in [0, 0.1) is 0 Å². The average molecular weight is 360 g/mol. The second-order valence-corrected chi connectivity index (χ2v) is 5.74. The van der Waals surface area contributed by atoms with Crippen LogP contribution in [0.4, 0.5) is 13.2 Å². The Kier molecular flexibility index (Phi) is 8.24. The van der Waals surface area contributed by atoms with E-state index in [1.54, 1.807) is 42.5 Å². The van der Waals surface area contributed by atoms with Gasteiger partial charge in [-0.1, -0.05) is 12.1 Å². The van der Waals surface area contributed by atoms with Gasteiger partial charge in [-0.15, -0.1) is 0 Å². The number of alkyl halides is 3. The van der Waals surface area contributed by atoms with Crippen LogP contribution in [0.3, 0.4) is 0 Å². The fraction of sp³-hybridized carbons (Fsp3) is 0.529. The van der Waals surface area contributed by atoms with Crippen LogP contribution in [-0.2, 0) is 16.0 Å². The molecule has 0 atom stereocenters. The SMILES string of the molecule is CN(C)C(=O)CCCCc1cccc(OCCNC(=O)C(F)(F)F)c1. The molecule has 0 spiro atoms. The van der Waals surface area contributed by atoms with E-state index in [0.29, 0.717) is 12.2 Å². The number of ether oxygens (including phenoxy) is 1. The monoisotopic (exact) mass is 360 g/mol. The Labute approximate surface area is 145 Å². The van der Waals surface area contributed by atoms with Crippen LogP contribution in [0.15, 0.2) is 24.3 Å². The molecule has 0 unspecified atom stereocenters. The van der Waals surface area contributed by atoms with Crippen LogP contribution in [-0.4, -0.2) is 50.1 Å². The second-order valence-electron chi connectivity index (χ2n) is 5.74. The van der Waals surface area contributed by atoms with E-state index in [1.165, 1.54) is 0 Å². The Hall–Kier alpha value is -2.25. The molecular weight excluding hydrogens is 337 g/mol. The first-order valence-electron chi connectivity index (χ1n) is 7.97. The number of rotatable bonds is 9. The van der Waals surface area contributed by atoms with Gasteiger partial charge in [0, 0.05) is 20.5 Å². The van der Waals surface area contributed by atoms with Crippen molar-refractivity contribution in [3.05, 3.63) is 29.8 Å². The topological polar surface area (TPSA) is 58.6 Å². The standard InChI is InChI=1S/C17H23F3N2O3/c1-22(2)15(23)9-4-3-6-13-7-5-8-14(12-13)25-11-10-21-16(24)17(18,19)20/h5,7-8,12H,3-4,6,9-11H2,1-2H3,(H,21,24). The molecule has 1 rings (SSSR count). The fourth-order valence-electron chi connectivity index (χ4n) is 2.05. The molecular formula is C17H23F3N2O3. The number of hydrogen-bond donors (Lipinski definition) is 1. The van der Waals surface area contributed by atoms with Crippen molar-refractivity contribution in [1.29, 1.82) is 0 Å². The summed E-state index contributed by atoms with van der Waals surface area (Å²) in [7, 11) is 3.45. The molecule has 0 fully saturated rings. The highest BCUT2D eigenvalue weighted by Crippen LogP contribution is 2.16. The van der Waals surface area contributed by atoms with Crippen LogP contribution in [0.25, 0.3) is 0 Å². The Morgan fingerprint density at radius 1 is 1.20 bits per heavy atom. The first-order chi connectivity index (χ1) is 11.7. The number of amides is 2. The van der Waals surface area contributed by atoms with Crippen LogP contribution in [0.5, 0.6) is 5.75 Å². The fourth-order valence-corrected chi connectivity index (χ4v) is 2.05. The van der Waals surface area contributed by atoms with Crippen molar-refractivity contribution in [3.8, 4) is 5.75 Å². The summed E-state index contributed by atoms with van der Waals surface area (Å²) in [6.45, 7) is -0.280. The minimum atomic E-state index is -4.88. The summed E-state index contributed by atoms with van der Waals surface area (Å²) in [6, 6.07) is 7.22. The lowest BCUT2D eigenvalue weighted by atomic mass is 10.1. The molecule has 5 nitrogen and oxygen atoms in total. The highest BCUT2D eigenvalue weighted by Gasteiger charge is 2.38. The zero-order valence-corrected chi connectivity index (χ0v) is 14.4. The van der Waals surface area contributed by atoms with Gasteiger partial charge in [0.25, 0.3) is 0 Å². The summed E-state index contributed by atoms with van der Waals surface area (Å²) in [5.41, 5.74) is 1.02. The lowest BCUT2D eigenvalue weighted by Crippen LogP contribution is -2.38. The Morgan fingerprint density at radius 3 is 2.56 bits per heavy atom. The maximum Gasteiger partial charge on any atom is 0.471 e. The third-order valence-corrected chi connectivity index (χ3v) is 3.42. The van der Waals surface area contributed by atoms with Crippen molar-refractivity contribution in [2.24, 2.45) is 0 Å². The zero-order valence-electron chi connectivity index (χ0n) is 14.4. The molecule has 0 aliphatic rings. The van der Waals surface area contributed by atoms with Crippen LogP contribution < -0.4 is 10.1 Å². The van der Waals surface area contributed by atoms with Crippen molar-refractivity contribution >= 4 is 11.8 Å². The molecule has 1 aromatic carbocycles. The average Bonchev–Trinajstić information content (AvgIpc) is 2.54. The molecule has 8 heteroatoms. The second kappa shape index (κ2) is 9.90. The smallest absolute Gasteiger partial charge is 0.471 e. The molecule has 0 bridgehead atoms. The summed E-state index contributed by atoms with van der Waals surface area (Å²) in [6.07, 6.45) is -1.96. The van der Waals surface area contributed by atoms with Gasteiger partial charge in [-0.3, -0.25) is 9.59 Å². The molecule has 0 saturated heterocycles. The molecule has 0 radical (unpaired) electrons. The van der Waals surface area contributed by atoms with Crippen LogP contribution in [0.2, 0.25) is 0 Å². The number of carbonyl (C=O) groups is 2. The van der Waals surface area contributed by atoms with Gasteiger partial charge < -0.3 is 15.0 Å². The first-order valence-corrected chi connectivity index (χ1v) is 7.97. The highest BCUT2D eigenvalue weighted by atomic mass is 19.4. The summed E-state index contributed by atoms with van der Waals surface area (Å²) < 4.78 is 41.4. The summed E-state index contributed by atoms with van der Waals surface area (Å²) in [5, 5.41) is 1.74. The summed E-state index contributed by atoms with van der Waals surface area (Å²) in [4.78, 5) is 23.7. The van der Waals surface area contributed by atoms with Crippen molar-refractivity contribution in [2.75, 3.05) is 27.2 Å². The van der Waals surface area contributed by atoms with Gasteiger partial charge in [-0.05, 0) is 37.0 Å². The van der Waals surface area contributed by atoms with E-state index in [2.05, 4.69) is 0 Å². The molecule has 1 aromatic rings. The molecule has 140 valence electrons. The quantitative estimate of drug-likeness (QED) is 0.689. The van der Waals surface area contributed by atoms with E-state index in [-0.39, 0.29) is 19.1 Å². The van der Waals surface area contributed by atoms with Gasteiger partial charge in [0.05, 0.1) is 6.54 Å². The lowest BCUT2D eigenvalue weighted by Gasteiger charge is -2.11. The number of carbonyl (C=O) groups excluding carboxylic acids is 2. The number of nitrogens with zero attached hydrogens (tertiary/aromatic N) is 1. The number of aryl methyl sites for hydroxylation is 1. The Bertz CT molecular complexity index is 575. The van der Waals surface area contributed by atoms with E-state index >= 15 is 0 Å². The number of unbranched alkanes of at least 4 members (excludes halogenated alkanes) is 1. The third-order valence-electron chi connectivity index (χ3n) is 3.42. The number of halogens is 3. The lowest BCUT2D eigenvalue weighted by molar-refractivity contribution is -0.173. The van der Waals surface area contributed by atoms with Gasteiger partial charge in [-0.25, -0.2) is 0 Å². The number of hydrogen-bond acceptors (Lipinski definition) is 3. The molecule has 0 aliphatic carbocycles. The van der Waals surface area contributed by atoms with Crippen molar-refractivity contribution in [1.82, 2.24) is 10.2 Å². The molecule has 0 aliphatic heterocycles. The van der Waals surface area contributed by atoms with Crippen molar-refractivity contribution in [2.45, 2.75) is 31.9 Å². The van der Waals surface area contributed by atoms with E-state index in [1.807, 2.05) is 6.07 Å². The predicted octanol–water partition coefficient (Wildman–Crippen LogP) is 2.54. The maximum atomic E-state index is 12.0. The van der Waals surface area contributed by atoms with Gasteiger partial charge in [0.2, 0.25) is 5.91 Å². The van der Waals surface area contributed by atoms with E-state index in [4.69, 9.17) is 4.74 Å². The predicted molar refractivity (Wildman–Crippen MR) is 87.3 cm³/mol. The van der Waals surface area contributed by atoms with E-state index < -0.39 is 12.1 Å². The molecule has 25 heavy (non-hydrogen) atoms. The highest BCUT2D eigenvalue weighted by molar-refractivity contribution is 5.81. The normalized spacial score (nSPS) is 11.1. The van der Waals surface area contributed by atoms with Gasteiger partial charge in [0.1, 0.15) is 12.4 Å². The van der Waals surface area contributed by atoms with Crippen molar-refractivity contribution in [3.63, 3.8) is 0 Å². The number of nitrogens with one attached hydrogen (secondary N) is 1. The van der Waals surface area contributed by atoms with Crippen molar-refractivity contribution < 1.29 is 27.5 Å². The van der Waals surface area contributed by atoms with E-state index in [0.717, 1.165) is 24.8 Å². The Balaban J connectivity index is 2.30. The first kappa shape index (κ1) is 20.8. The van der Waals surface area contributed by atoms with Crippen LogP contribution >= 0.6 is 0 Å². The number of benzene rings is 1. The summed E-state index contributed by atoms with van der Waals surface area (Å²) in [5.74, 6) is -1.35. The van der Waals surface area contributed by atoms with Crippen LogP contribution in [0.1, 0.15) is 24.8 Å². The minimum Gasteiger partial charge on any atom is -0.492 e. The minimum absolute atomic E-state index is 0.0530. The summed E-state index contributed by atoms with van der Waals surface area (Å²) >= 11 is 0. The third kappa shape index (κ3) is 8.42. The molecule has 0 aromatic heterocycles. The maximum absolute atomic E-state index is 12.0. The molecule has 1 N–H and O–H groups in total. The van der Waals surface area contributed by atoms with Gasteiger partial charge in [-0.2, -0.15) is 13.2 Å².